The van der Waals surface area contributed by atoms with Gasteiger partial charge in [-0.1, -0.05) is 157 Å². The van der Waals surface area contributed by atoms with Crippen molar-refractivity contribution in [1.29, 1.82) is 0 Å². The fraction of sp³-hybridized carbons (Fsp3) is 0.182. The number of para-hydroxylation sites is 1. The number of halogens is 2. The average molecular weight is 912 g/mol. The third kappa shape index (κ3) is 8.17. The molecule has 8 aromatic rings. The van der Waals surface area contributed by atoms with E-state index < -0.39 is 6.10 Å². The van der Waals surface area contributed by atoms with Crippen molar-refractivity contribution in [2.45, 2.75) is 31.5 Å². The molecule has 63 heavy (non-hydrogen) atoms. The zero-order valence-corrected chi connectivity index (χ0v) is 37.5. The van der Waals surface area contributed by atoms with Crippen LogP contribution in [0.1, 0.15) is 30.1 Å². The van der Waals surface area contributed by atoms with Crippen LogP contribution in [0.4, 0.5) is 0 Å². The maximum Gasteiger partial charge on any atom is 0.227 e. The molecule has 3 saturated heterocycles. The topological polar surface area (TPSA) is 57.1 Å². The summed E-state index contributed by atoms with van der Waals surface area (Å²) in [7, 11) is 1.78. The van der Waals surface area contributed by atoms with Gasteiger partial charge in [0.2, 0.25) is 5.88 Å². The molecule has 0 N–H and O–H groups in total. The summed E-state index contributed by atoms with van der Waals surface area (Å²) >= 11 is 7.25. The molecular weight excluding hydrogens is 864 g/mol. The lowest BCUT2D eigenvalue weighted by Gasteiger charge is -2.58. The fourth-order valence-corrected chi connectivity index (χ4v) is 10.6. The van der Waals surface area contributed by atoms with Crippen molar-refractivity contribution in [1.82, 2.24) is 15.0 Å². The summed E-state index contributed by atoms with van der Waals surface area (Å²) in [5.41, 5.74) is 10.1. The van der Waals surface area contributed by atoms with Gasteiger partial charge in [0.1, 0.15) is 23.5 Å². The van der Waals surface area contributed by atoms with Crippen LogP contribution in [0.5, 0.6) is 11.6 Å². The first kappa shape index (κ1) is 42.2. The number of benzene rings is 6. The van der Waals surface area contributed by atoms with E-state index in [4.69, 9.17) is 36.0 Å². The van der Waals surface area contributed by atoms with E-state index in [1.165, 1.54) is 5.56 Å². The lowest BCUT2D eigenvalue weighted by atomic mass is 9.71. The van der Waals surface area contributed by atoms with Gasteiger partial charge in [0.15, 0.2) is 11.9 Å². The second kappa shape index (κ2) is 18.3. The molecule has 3 fully saturated rings. The van der Waals surface area contributed by atoms with Crippen molar-refractivity contribution >= 4 is 22.5 Å². The molecule has 0 amide bonds. The Bertz CT molecular complexity index is 2800. The van der Waals surface area contributed by atoms with Gasteiger partial charge in [-0.05, 0) is 46.9 Å². The lowest BCUT2D eigenvalue weighted by Crippen LogP contribution is -3.00. The zero-order chi connectivity index (χ0) is 42.0. The van der Waals surface area contributed by atoms with Crippen molar-refractivity contribution in [2.24, 2.45) is 11.8 Å². The molecule has 0 spiro atoms. The molecular formula is C55H48BrClN4O2. The first-order valence-corrected chi connectivity index (χ1v) is 21.9. The number of fused-ring (bicyclic) bond motifs is 4. The van der Waals surface area contributed by atoms with Crippen molar-refractivity contribution in [3.63, 3.8) is 0 Å². The van der Waals surface area contributed by atoms with Gasteiger partial charge in [-0.25, -0.2) is 4.98 Å². The number of rotatable bonds is 12. The molecule has 0 aliphatic carbocycles. The molecule has 5 heterocycles. The number of methoxy groups -OCH3 is 1. The summed E-state index contributed by atoms with van der Waals surface area (Å²) in [5.74, 6) is 2.69. The summed E-state index contributed by atoms with van der Waals surface area (Å²) in [6.07, 6.45) is 5.76. The summed E-state index contributed by atoms with van der Waals surface area (Å²) in [6.45, 7) is 7.14. The van der Waals surface area contributed by atoms with Crippen LogP contribution in [0.3, 0.4) is 0 Å². The molecule has 3 aliphatic rings. The normalized spacial score (nSPS) is 19.5. The molecule has 6 nitrogen and oxygen atoms in total. The number of hydrogen-bond donors (Lipinski definition) is 0. The van der Waals surface area contributed by atoms with Gasteiger partial charge < -0.3 is 30.9 Å². The number of piperidine rings is 3. The molecule has 8 heteroatoms. The SMILES string of the molecule is C=C[C@H]1C[N@+]2(Cc3cc(-c4ccccc4)c(OC)c(-c4ccccc4)c3)CC[C@H]1C[C@@H]2[C@@H](Oc1nc(-c2ccccc2)nc(Cl)c1-c1ccccc1)c1ccnc2ccccc12.[Br-]. The van der Waals surface area contributed by atoms with Gasteiger partial charge >= 0.3 is 0 Å². The second-order valence-corrected chi connectivity index (χ2v) is 17.1. The van der Waals surface area contributed by atoms with Gasteiger partial charge in [-0.15, -0.1) is 6.58 Å². The van der Waals surface area contributed by atoms with Gasteiger partial charge in [-0.2, -0.15) is 4.98 Å². The molecule has 0 radical (unpaired) electrons. The summed E-state index contributed by atoms with van der Waals surface area (Å²) in [6, 6.07) is 56.6. The van der Waals surface area contributed by atoms with Gasteiger partial charge in [-0.3, -0.25) is 4.98 Å². The largest absolute Gasteiger partial charge is 1.00 e. The quantitative estimate of drug-likeness (QED) is 0.0695. The Morgan fingerprint density at radius 3 is 1.95 bits per heavy atom. The Morgan fingerprint density at radius 1 is 0.746 bits per heavy atom. The number of pyridine rings is 1. The molecule has 0 saturated carbocycles. The van der Waals surface area contributed by atoms with Crippen molar-refractivity contribution in [3.05, 3.63) is 199 Å². The highest BCUT2D eigenvalue weighted by Crippen LogP contribution is 2.51. The minimum absolute atomic E-state index is 0. The molecule has 3 aliphatic heterocycles. The first-order chi connectivity index (χ1) is 30.5. The Kier molecular flexibility index (Phi) is 12.3. The van der Waals surface area contributed by atoms with E-state index in [-0.39, 0.29) is 23.0 Å². The van der Waals surface area contributed by atoms with E-state index in [2.05, 4.69) is 110 Å². The molecule has 314 valence electrons. The third-order valence-corrected chi connectivity index (χ3v) is 13.5. The Balaban J connectivity index is 0.00000504. The van der Waals surface area contributed by atoms with E-state index in [9.17, 15) is 0 Å². The van der Waals surface area contributed by atoms with Gasteiger partial charge in [0, 0.05) is 58.2 Å². The fourth-order valence-electron chi connectivity index (χ4n) is 10.3. The number of quaternary nitrogens is 1. The Hall–Kier alpha value is -6.12. The van der Waals surface area contributed by atoms with Gasteiger partial charge in [0.05, 0.1) is 31.3 Å². The predicted molar refractivity (Wildman–Crippen MR) is 251 cm³/mol. The summed E-state index contributed by atoms with van der Waals surface area (Å²) in [5, 5.41) is 1.41. The van der Waals surface area contributed by atoms with Crippen LogP contribution >= 0.6 is 11.6 Å². The molecule has 5 atom stereocenters. The van der Waals surface area contributed by atoms with Crippen LogP contribution < -0.4 is 26.5 Å². The molecule has 6 aromatic carbocycles. The van der Waals surface area contributed by atoms with Crippen molar-refractivity contribution in [2.75, 3.05) is 20.2 Å². The van der Waals surface area contributed by atoms with Crippen LogP contribution in [0, 0.1) is 11.8 Å². The number of ether oxygens (including phenoxy) is 2. The van der Waals surface area contributed by atoms with Crippen LogP contribution in [0.15, 0.2) is 183 Å². The van der Waals surface area contributed by atoms with Gasteiger partial charge in [0.25, 0.3) is 0 Å². The standard InChI is InChI=1S/C55H48ClN4O2.BrH/c1-3-38-36-60(35-37-32-46(39-18-8-4-9-19-39)51(61-2)47(33-37)40-20-10-5-11-21-40)31-29-43(38)34-49(60)52(45-28-30-57-48-27-17-16-26-44(45)48)62-55-50(41-22-12-6-13-23-41)53(56)58-54(59-55)42-24-14-7-15-25-42;/h3-28,30,32-33,38,43,49,52H,1,29,31,34-36H2,2H3;1H/q+1;/p-1/t38-,43-,49+,52-,60+;/m0./s1. The highest BCUT2D eigenvalue weighted by molar-refractivity contribution is 6.32. The highest BCUT2D eigenvalue weighted by atomic mass is 79.9. The minimum atomic E-state index is -0.422. The van der Waals surface area contributed by atoms with Crippen LogP contribution in [0.25, 0.3) is 55.7 Å². The predicted octanol–water partition coefficient (Wildman–Crippen LogP) is 10.1. The number of nitrogens with zero attached hydrogens (tertiary/aromatic N) is 4. The minimum Gasteiger partial charge on any atom is -1.00 e. The molecule has 0 unspecified atom stereocenters. The second-order valence-electron chi connectivity index (χ2n) is 16.7. The first-order valence-electron chi connectivity index (χ1n) is 21.5. The van der Waals surface area contributed by atoms with E-state index in [0.717, 1.165) is 92.6 Å². The maximum atomic E-state index is 7.66. The lowest BCUT2D eigenvalue weighted by molar-refractivity contribution is -0.984. The smallest absolute Gasteiger partial charge is 0.227 e. The van der Waals surface area contributed by atoms with Crippen molar-refractivity contribution < 1.29 is 30.9 Å². The monoisotopic (exact) mass is 910 g/mol. The third-order valence-electron chi connectivity index (χ3n) is 13.2. The van der Waals surface area contributed by atoms with E-state index in [1.807, 2.05) is 72.9 Å². The van der Waals surface area contributed by atoms with E-state index in [0.29, 0.717) is 34.3 Å². The van der Waals surface area contributed by atoms with E-state index in [1.54, 1.807) is 7.11 Å². The molecule has 11 rings (SSSR count). The average Bonchev–Trinajstić information content (AvgIpc) is 3.33. The number of hydrogen-bond acceptors (Lipinski definition) is 5. The van der Waals surface area contributed by atoms with Crippen LogP contribution in [-0.2, 0) is 6.54 Å². The highest BCUT2D eigenvalue weighted by Gasteiger charge is 2.55. The molecule has 2 aromatic heterocycles. The van der Waals surface area contributed by atoms with Crippen LogP contribution in [0.2, 0.25) is 5.15 Å². The molecule has 2 bridgehead atoms. The Labute approximate surface area is 385 Å². The maximum absolute atomic E-state index is 7.66. The zero-order valence-electron chi connectivity index (χ0n) is 35.2. The van der Waals surface area contributed by atoms with E-state index >= 15 is 0 Å². The summed E-state index contributed by atoms with van der Waals surface area (Å²) in [4.78, 5) is 15.0. The van der Waals surface area contributed by atoms with Crippen LogP contribution in [-0.4, -0.2) is 45.7 Å². The Morgan fingerprint density at radius 2 is 1.33 bits per heavy atom. The summed E-state index contributed by atoms with van der Waals surface area (Å²) < 4.78 is 14.8. The van der Waals surface area contributed by atoms with Crippen molar-refractivity contribution in [3.8, 4) is 56.4 Å². The number of aromatic nitrogens is 3.